The van der Waals surface area contributed by atoms with Crippen molar-refractivity contribution in [1.82, 2.24) is 0 Å². The molecule has 4 heterocycles. The standard InChI is InChI=1S/C30H38S10/c1-7-9-11-13-15-31-21-23-25(39-29(37-23)27-33-17(3)18(4)34-27)22(32-16-14-12-10-8-2)26-24(21)38-30(40-26)28-35-19(5)20(6)36-28/h7-16H2,1-6H3. The van der Waals surface area contributed by atoms with E-state index in [1.807, 2.05) is 47.0 Å². The van der Waals surface area contributed by atoms with E-state index in [0.717, 1.165) is 0 Å². The number of thioether (sulfide) groups is 10. The number of rotatable bonds is 12. The molecule has 0 aliphatic carbocycles. The fraction of sp³-hybridized carbons (Fsp3) is 0.533. The Kier molecular flexibility index (Phi) is 13.1. The van der Waals surface area contributed by atoms with Gasteiger partial charge in [-0.15, -0.1) is 23.5 Å². The molecule has 5 rings (SSSR count). The molecule has 0 unspecified atom stereocenters. The molecule has 4 aliphatic rings. The first-order chi connectivity index (χ1) is 19.4. The van der Waals surface area contributed by atoms with Gasteiger partial charge in [0.1, 0.15) is 0 Å². The van der Waals surface area contributed by atoms with E-state index in [9.17, 15) is 0 Å². The lowest BCUT2D eigenvalue weighted by Gasteiger charge is -2.16. The summed E-state index contributed by atoms with van der Waals surface area (Å²) in [5.74, 6) is 2.45. The van der Waals surface area contributed by atoms with E-state index in [4.69, 9.17) is 0 Å². The smallest absolute Gasteiger partial charge is 0.0707 e. The second-order valence-corrected chi connectivity index (χ2v) is 22.2. The number of unbranched alkanes of at least 4 members (excludes halogenated alkanes) is 6. The quantitative estimate of drug-likeness (QED) is 0.151. The summed E-state index contributed by atoms with van der Waals surface area (Å²) in [6, 6.07) is 0. The number of fused-ring (bicyclic) bond motifs is 2. The lowest BCUT2D eigenvalue weighted by molar-refractivity contribution is 0.705. The Labute approximate surface area is 285 Å². The molecule has 0 saturated heterocycles. The molecule has 0 spiro atoms. The zero-order valence-corrected chi connectivity index (χ0v) is 32.3. The lowest BCUT2D eigenvalue weighted by Crippen LogP contribution is -1.92. The molecule has 0 bridgehead atoms. The van der Waals surface area contributed by atoms with Gasteiger partial charge in [-0.05, 0) is 71.7 Å². The molecule has 1 aromatic rings. The van der Waals surface area contributed by atoms with Gasteiger partial charge in [-0.25, -0.2) is 0 Å². The molecule has 40 heavy (non-hydrogen) atoms. The van der Waals surface area contributed by atoms with Crippen molar-refractivity contribution in [2.75, 3.05) is 11.5 Å². The minimum Gasteiger partial charge on any atom is -0.124 e. The summed E-state index contributed by atoms with van der Waals surface area (Å²) in [5.41, 5.74) is 0. The highest BCUT2D eigenvalue weighted by atomic mass is 32.2. The van der Waals surface area contributed by atoms with Crippen LogP contribution >= 0.6 is 118 Å². The lowest BCUT2D eigenvalue weighted by atomic mass is 10.2. The van der Waals surface area contributed by atoms with Crippen molar-refractivity contribution in [3.63, 3.8) is 0 Å². The Bertz CT molecular complexity index is 1100. The zero-order chi connectivity index (χ0) is 28.2. The first-order valence-corrected chi connectivity index (χ1v) is 22.7. The third-order valence-electron chi connectivity index (χ3n) is 6.81. The van der Waals surface area contributed by atoms with Crippen LogP contribution in [0, 0.1) is 0 Å². The number of hydrogen-bond acceptors (Lipinski definition) is 10. The average molecular weight is 719 g/mol. The summed E-state index contributed by atoms with van der Waals surface area (Å²) >= 11 is 20.6. The molecule has 218 valence electrons. The van der Waals surface area contributed by atoms with Gasteiger partial charge in [0.25, 0.3) is 0 Å². The van der Waals surface area contributed by atoms with Gasteiger partial charge in [-0.1, -0.05) is 146 Å². The molecule has 0 radical (unpaired) electrons. The van der Waals surface area contributed by atoms with Crippen molar-refractivity contribution < 1.29 is 0 Å². The SMILES string of the molecule is CCCCCCSc1c2c(c(SCCCCCC)c3c1SC(=C1SC(C)=C(C)S1)S3)SC(=C1SC(C)=C(C)S1)S2. The average Bonchev–Trinajstić information content (AvgIpc) is 3.71. The molecule has 0 fully saturated rings. The Balaban J connectivity index is 1.51. The van der Waals surface area contributed by atoms with E-state index >= 15 is 0 Å². The van der Waals surface area contributed by atoms with Crippen LogP contribution in [0.1, 0.15) is 92.9 Å². The van der Waals surface area contributed by atoms with Gasteiger partial charge in [-0.2, -0.15) is 0 Å². The Hall–Kier alpha value is 1.68. The molecule has 0 amide bonds. The van der Waals surface area contributed by atoms with Gasteiger partial charge >= 0.3 is 0 Å². The van der Waals surface area contributed by atoms with Crippen LogP contribution in [-0.4, -0.2) is 11.5 Å². The van der Waals surface area contributed by atoms with Gasteiger partial charge in [0.2, 0.25) is 0 Å². The summed E-state index contributed by atoms with van der Waals surface area (Å²) in [7, 11) is 0. The Morgan fingerprint density at radius 1 is 0.400 bits per heavy atom. The van der Waals surface area contributed by atoms with E-state index in [2.05, 4.69) is 112 Å². The topological polar surface area (TPSA) is 0 Å². The van der Waals surface area contributed by atoms with Gasteiger partial charge in [0.15, 0.2) is 0 Å². The summed E-state index contributed by atoms with van der Waals surface area (Å²) < 4.78 is 6.02. The molecule has 1 aromatic carbocycles. The first-order valence-electron chi connectivity index (χ1n) is 14.2. The largest absolute Gasteiger partial charge is 0.124 e. The third-order valence-corrected chi connectivity index (χ3v) is 21.3. The zero-order valence-electron chi connectivity index (χ0n) is 24.2. The second-order valence-electron chi connectivity index (χ2n) is 9.98. The Morgan fingerprint density at radius 2 is 0.700 bits per heavy atom. The van der Waals surface area contributed by atoms with E-state index in [1.165, 1.54) is 99.4 Å². The van der Waals surface area contributed by atoms with E-state index < -0.39 is 0 Å². The van der Waals surface area contributed by atoms with Crippen LogP contribution in [0.5, 0.6) is 0 Å². The molecule has 4 aliphatic heterocycles. The van der Waals surface area contributed by atoms with Crippen LogP contribution in [-0.2, 0) is 0 Å². The van der Waals surface area contributed by atoms with Crippen molar-refractivity contribution in [2.24, 2.45) is 0 Å². The molecule has 10 heteroatoms. The van der Waals surface area contributed by atoms with Crippen LogP contribution in [0.2, 0.25) is 0 Å². The van der Waals surface area contributed by atoms with Crippen LogP contribution in [0.15, 0.2) is 65.9 Å². The van der Waals surface area contributed by atoms with E-state index in [-0.39, 0.29) is 0 Å². The maximum Gasteiger partial charge on any atom is 0.0707 e. The van der Waals surface area contributed by atoms with Crippen LogP contribution in [0.3, 0.4) is 0 Å². The van der Waals surface area contributed by atoms with Gasteiger partial charge in [0, 0.05) is 29.4 Å². The molecule has 0 atom stereocenters. The van der Waals surface area contributed by atoms with E-state index in [0.29, 0.717) is 0 Å². The highest BCUT2D eigenvalue weighted by Crippen LogP contribution is 2.70. The number of benzene rings is 1. The van der Waals surface area contributed by atoms with Crippen LogP contribution in [0.25, 0.3) is 0 Å². The van der Waals surface area contributed by atoms with Crippen molar-refractivity contribution in [2.45, 2.75) is 122 Å². The third kappa shape index (κ3) is 7.72. The molecule has 0 N–H and O–H groups in total. The van der Waals surface area contributed by atoms with Crippen LogP contribution in [0.4, 0.5) is 0 Å². The molecule has 0 saturated carbocycles. The minimum absolute atomic E-state index is 1.23. The van der Waals surface area contributed by atoms with Gasteiger partial charge < -0.3 is 0 Å². The normalized spacial score (nSPS) is 18.8. The summed E-state index contributed by atoms with van der Waals surface area (Å²) in [4.78, 5) is 15.3. The second kappa shape index (κ2) is 15.8. The summed E-state index contributed by atoms with van der Waals surface area (Å²) in [5, 5.41) is 0. The maximum atomic E-state index is 2.31. The van der Waals surface area contributed by atoms with Crippen molar-refractivity contribution >= 4 is 118 Å². The fourth-order valence-corrected chi connectivity index (χ4v) is 18.7. The molecular formula is C30H38S10. The summed E-state index contributed by atoms with van der Waals surface area (Å²) in [6.07, 6.45) is 10.6. The maximum absolute atomic E-state index is 2.31. The first kappa shape index (κ1) is 33.1. The van der Waals surface area contributed by atoms with E-state index in [1.54, 1.807) is 29.4 Å². The molecule has 0 aromatic heterocycles. The van der Waals surface area contributed by atoms with Crippen molar-refractivity contribution in [3.8, 4) is 0 Å². The van der Waals surface area contributed by atoms with Crippen molar-refractivity contribution in [3.05, 3.63) is 36.6 Å². The molecule has 0 nitrogen and oxygen atoms in total. The van der Waals surface area contributed by atoms with Crippen LogP contribution < -0.4 is 0 Å². The minimum atomic E-state index is 1.23. The summed E-state index contributed by atoms with van der Waals surface area (Å²) in [6.45, 7) is 13.7. The predicted molar refractivity (Wildman–Crippen MR) is 201 cm³/mol. The van der Waals surface area contributed by atoms with Crippen molar-refractivity contribution in [1.29, 1.82) is 0 Å². The fourth-order valence-electron chi connectivity index (χ4n) is 4.29. The highest BCUT2D eigenvalue weighted by molar-refractivity contribution is 8.33. The molecular weight excluding hydrogens is 681 g/mol. The monoisotopic (exact) mass is 718 g/mol. The van der Waals surface area contributed by atoms with Gasteiger partial charge in [0.05, 0.1) is 16.9 Å². The number of hydrogen-bond donors (Lipinski definition) is 0. The van der Waals surface area contributed by atoms with Gasteiger partial charge in [-0.3, -0.25) is 0 Å². The Morgan fingerprint density at radius 3 is 1.00 bits per heavy atom. The predicted octanol–water partition coefficient (Wildman–Crippen LogP) is 15.1. The number of allylic oxidation sites excluding steroid dienone is 4. The highest BCUT2D eigenvalue weighted by Gasteiger charge is 2.38.